The van der Waals surface area contributed by atoms with E-state index in [0.717, 1.165) is 11.4 Å². The lowest BCUT2D eigenvalue weighted by molar-refractivity contribution is 1.18. The summed E-state index contributed by atoms with van der Waals surface area (Å²) in [4.78, 5) is 0. The summed E-state index contributed by atoms with van der Waals surface area (Å²) in [7, 11) is 0. The number of fused-ring (bicyclic) bond motifs is 6. The van der Waals surface area contributed by atoms with E-state index in [9.17, 15) is 0 Å². The van der Waals surface area contributed by atoms with Crippen molar-refractivity contribution in [3.63, 3.8) is 0 Å². The molecule has 0 radical (unpaired) electrons. The molecule has 2 aromatic heterocycles. The number of benzene rings is 9. The van der Waals surface area contributed by atoms with Crippen molar-refractivity contribution < 1.29 is 0 Å². The van der Waals surface area contributed by atoms with E-state index in [2.05, 4.69) is 228 Å². The summed E-state index contributed by atoms with van der Waals surface area (Å²) in [5.74, 6) is 0. The second kappa shape index (κ2) is 13.2. The number of hydrogen-bond acceptors (Lipinski definition) is 0. The van der Waals surface area contributed by atoms with Crippen molar-refractivity contribution in [3.8, 4) is 55.9 Å². The molecule has 0 fully saturated rings. The van der Waals surface area contributed by atoms with Gasteiger partial charge in [0.05, 0.1) is 22.1 Å². The van der Waals surface area contributed by atoms with E-state index >= 15 is 0 Å². The first-order valence-corrected chi connectivity index (χ1v) is 19.3. The van der Waals surface area contributed by atoms with E-state index < -0.39 is 0 Å². The van der Waals surface area contributed by atoms with Crippen LogP contribution in [0.1, 0.15) is 0 Å². The van der Waals surface area contributed by atoms with Crippen molar-refractivity contribution in [2.45, 2.75) is 0 Å². The van der Waals surface area contributed by atoms with Gasteiger partial charge in [-0.3, -0.25) is 0 Å². The first-order valence-electron chi connectivity index (χ1n) is 19.3. The third-order valence-corrected chi connectivity index (χ3v) is 11.3. The molecule has 0 atom stereocenters. The van der Waals surface area contributed by atoms with Crippen LogP contribution in [0.25, 0.3) is 99.5 Å². The van der Waals surface area contributed by atoms with Gasteiger partial charge in [0.2, 0.25) is 0 Å². The minimum absolute atomic E-state index is 1.13. The van der Waals surface area contributed by atoms with E-state index in [0.29, 0.717) is 0 Å². The van der Waals surface area contributed by atoms with Crippen molar-refractivity contribution in [3.05, 3.63) is 218 Å². The molecule has 0 unspecified atom stereocenters. The Morgan fingerprint density at radius 2 is 0.732 bits per heavy atom. The van der Waals surface area contributed by atoms with Gasteiger partial charge in [0.1, 0.15) is 0 Å². The largest absolute Gasteiger partial charge is 0.309 e. The van der Waals surface area contributed by atoms with E-state index in [4.69, 9.17) is 0 Å². The van der Waals surface area contributed by atoms with Crippen molar-refractivity contribution in [2.24, 2.45) is 0 Å². The highest BCUT2D eigenvalue weighted by atomic mass is 15.0. The number of hydrogen-bond donors (Lipinski definition) is 0. The summed E-state index contributed by atoms with van der Waals surface area (Å²) in [6.45, 7) is 0. The van der Waals surface area contributed by atoms with Gasteiger partial charge >= 0.3 is 0 Å². The molecule has 0 aliphatic rings. The van der Waals surface area contributed by atoms with Crippen molar-refractivity contribution >= 4 is 43.6 Å². The maximum absolute atomic E-state index is 2.48. The predicted molar refractivity (Wildman–Crippen MR) is 237 cm³/mol. The number of para-hydroxylation sites is 4. The highest BCUT2D eigenvalue weighted by molar-refractivity contribution is 6.16. The lowest BCUT2D eigenvalue weighted by Gasteiger charge is -2.18. The quantitative estimate of drug-likeness (QED) is 0.162. The number of aromatic nitrogens is 2. The molecular weight excluding hydrogens is 677 g/mol. The van der Waals surface area contributed by atoms with Gasteiger partial charge in [0.15, 0.2) is 0 Å². The molecule has 0 spiro atoms. The smallest absolute Gasteiger partial charge is 0.0619 e. The third-order valence-electron chi connectivity index (χ3n) is 11.3. The standard InChI is InChI=1S/C54H36N2/c1-4-17-37(18-5-1)43-27-15-28-44(38-19-6-2-7-20-38)53(43)40-21-14-24-42(35-40)56-51-32-13-10-25-46(51)48-30-16-29-45(54(48)56)39-33-34-52-49(36-39)47-26-11-12-31-50(47)55(52)41-22-8-3-9-23-41/h1-36H. The molecule has 11 rings (SSSR count). The van der Waals surface area contributed by atoms with Gasteiger partial charge in [0, 0.05) is 38.5 Å². The van der Waals surface area contributed by atoms with Gasteiger partial charge in [-0.2, -0.15) is 0 Å². The Morgan fingerprint density at radius 1 is 0.250 bits per heavy atom. The fraction of sp³-hybridized carbons (Fsp3) is 0. The first-order chi connectivity index (χ1) is 27.8. The molecular formula is C54H36N2. The first kappa shape index (κ1) is 32.0. The number of rotatable bonds is 6. The van der Waals surface area contributed by atoms with Crippen LogP contribution in [0.3, 0.4) is 0 Å². The van der Waals surface area contributed by atoms with Crippen LogP contribution in [0.15, 0.2) is 218 Å². The summed E-state index contributed by atoms with van der Waals surface area (Å²) >= 11 is 0. The average Bonchev–Trinajstić information content (AvgIpc) is 3.80. The Kier molecular flexibility index (Phi) is 7.53. The minimum atomic E-state index is 1.13. The zero-order valence-electron chi connectivity index (χ0n) is 30.7. The second-order valence-corrected chi connectivity index (χ2v) is 14.5. The van der Waals surface area contributed by atoms with Gasteiger partial charge in [-0.25, -0.2) is 0 Å². The maximum atomic E-state index is 2.48. The minimum Gasteiger partial charge on any atom is -0.309 e. The van der Waals surface area contributed by atoms with Crippen LogP contribution in [0.4, 0.5) is 0 Å². The second-order valence-electron chi connectivity index (χ2n) is 14.5. The van der Waals surface area contributed by atoms with Crippen LogP contribution in [-0.4, -0.2) is 9.13 Å². The molecule has 0 aliphatic carbocycles. The normalized spacial score (nSPS) is 11.6. The molecule has 2 heteroatoms. The van der Waals surface area contributed by atoms with Crippen molar-refractivity contribution in [1.82, 2.24) is 9.13 Å². The summed E-state index contributed by atoms with van der Waals surface area (Å²) in [5, 5.41) is 4.98. The molecule has 2 heterocycles. The Labute approximate surface area is 325 Å². The zero-order valence-corrected chi connectivity index (χ0v) is 30.7. The van der Waals surface area contributed by atoms with E-state index in [1.165, 1.54) is 88.1 Å². The van der Waals surface area contributed by atoms with Gasteiger partial charge in [-0.1, -0.05) is 170 Å². The summed E-state index contributed by atoms with van der Waals surface area (Å²) < 4.78 is 4.86. The fourth-order valence-electron chi connectivity index (χ4n) is 8.90. The molecule has 9 aromatic carbocycles. The van der Waals surface area contributed by atoms with Gasteiger partial charge in [-0.05, 0) is 87.5 Å². The van der Waals surface area contributed by atoms with Crippen LogP contribution in [0.2, 0.25) is 0 Å². The Hall–Kier alpha value is -7.42. The average molecular weight is 713 g/mol. The van der Waals surface area contributed by atoms with Crippen LogP contribution in [0.5, 0.6) is 0 Å². The summed E-state index contributed by atoms with van der Waals surface area (Å²) in [5.41, 5.74) is 16.7. The van der Waals surface area contributed by atoms with Crippen LogP contribution >= 0.6 is 0 Å². The Morgan fingerprint density at radius 3 is 1.43 bits per heavy atom. The molecule has 0 N–H and O–H groups in total. The Balaban J connectivity index is 1.16. The molecule has 56 heavy (non-hydrogen) atoms. The molecule has 0 saturated heterocycles. The lowest BCUT2D eigenvalue weighted by Crippen LogP contribution is -1.97. The number of nitrogens with zero attached hydrogens (tertiary/aromatic N) is 2. The highest BCUT2D eigenvalue weighted by Crippen LogP contribution is 2.44. The fourth-order valence-corrected chi connectivity index (χ4v) is 8.90. The molecule has 0 saturated carbocycles. The van der Waals surface area contributed by atoms with Crippen LogP contribution < -0.4 is 0 Å². The van der Waals surface area contributed by atoms with E-state index in [1.54, 1.807) is 0 Å². The molecule has 0 amide bonds. The van der Waals surface area contributed by atoms with Gasteiger partial charge in [0.25, 0.3) is 0 Å². The van der Waals surface area contributed by atoms with Crippen LogP contribution in [-0.2, 0) is 0 Å². The Bertz CT molecular complexity index is 3170. The SMILES string of the molecule is c1ccc(-c2cccc(-c3ccccc3)c2-c2cccc(-n3c4ccccc4c4cccc(-c5ccc6c(c5)c5ccccc5n6-c5ccccc5)c43)c2)cc1. The predicted octanol–water partition coefficient (Wildman–Crippen LogP) is 14.5. The van der Waals surface area contributed by atoms with Crippen molar-refractivity contribution in [1.29, 1.82) is 0 Å². The van der Waals surface area contributed by atoms with E-state index in [1.807, 2.05) is 0 Å². The molecule has 0 bridgehead atoms. The van der Waals surface area contributed by atoms with Crippen LogP contribution in [0, 0.1) is 0 Å². The molecule has 262 valence electrons. The lowest BCUT2D eigenvalue weighted by atomic mass is 9.87. The van der Waals surface area contributed by atoms with Gasteiger partial charge in [-0.15, -0.1) is 0 Å². The highest BCUT2D eigenvalue weighted by Gasteiger charge is 2.20. The van der Waals surface area contributed by atoms with Gasteiger partial charge < -0.3 is 9.13 Å². The monoisotopic (exact) mass is 712 g/mol. The molecule has 0 aliphatic heterocycles. The molecule has 2 nitrogen and oxygen atoms in total. The topological polar surface area (TPSA) is 9.86 Å². The maximum Gasteiger partial charge on any atom is 0.0619 e. The molecule has 11 aromatic rings. The van der Waals surface area contributed by atoms with E-state index in [-0.39, 0.29) is 0 Å². The zero-order chi connectivity index (χ0) is 37.0. The van der Waals surface area contributed by atoms with Crippen molar-refractivity contribution in [2.75, 3.05) is 0 Å². The summed E-state index contributed by atoms with van der Waals surface area (Å²) in [6, 6.07) is 79.4. The third kappa shape index (κ3) is 5.11. The summed E-state index contributed by atoms with van der Waals surface area (Å²) in [6.07, 6.45) is 0.